The number of hydrogen-bond donors (Lipinski definition) is 0. The Labute approximate surface area is 243 Å². The number of carbonyl (C=O) groups excluding carboxylic acids is 1. The molecule has 2 fully saturated rings. The molecule has 4 unspecified atom stereocenters. The minimum absolute atomic E-state index is 0.0774. The normalized spacial score (nSPS) is 29.8. The molecule has 4 heteroatoms. The first-order valence-corrected chi connectivity index (χ1v) is 14.6. The van der Waals surface area contributed by atoms with Crippen molar-refractivity contribution in [3.63, 3.8) is 0 Å². The summed E-state index contributed by atoms with van der Waals surface area (Å²) in [7, 11) is 4.32. The van der Waals surface area contributed by atoms with E-state index in [0.717, 1.165) is 24.2 Å². The third-order valence-corrected chi connectivity index (χ3v) is 10.1. The van der Waals surface area contributed by atoms with Gasteiger partial charge in [0.2, 0.25) is 0 Å². The zero-order chi connectivity index (χ0) is 27.7. The maximum absolute atomic E-state index is 15.4. The van der Waals surface area contributed by atoms with E-state index in [1.54, 1.807) is 0 Å². The molecule has 0 aliphatic carbocycles. The molecule has 204 valence electrons. The number of nitrogens with zero attached hydrogens (tertiary/aromatic N) is 2. The molecule has 2 aliphatic rings. The van der Waals surface area contributed by atoms with Crippen molar-refractivity contribution in [2.75, 3.05) is 40.3 Å². The molecule has 0 N–H and O–H groups in total. The lowest BCUT2D eigenvalue weighted by molar-refractivity contribution is -0.133. The Morgan fingerprint density at radius 2 is 1.02 bits per heavy atom. The molecular weight excluding hydrogens is 512 g/mol. The van der Waals surface area contributed by atoms with E-state index in [1.807, 2.05) is 24.3 Å². The van der Waals surface area contributed by atoms with Crippen LogP contribution in [0.4, 0.5) is 0 Å². The molecule has 2 aliphatic heterocycles. The van der Waals surface area contributed by atoms with E-state index in [-0.39, 0.29) is 23.5 Å². The Balaban J connectivity index is 1.66. The predicted octanol–water partition coefficient (Wildman–Crippen LogP) is 6.71. The number of alkyl halides is 1. The predicted molar refractivity (Wildman–Crippen MR) is 164 cm³/mol. The number of Topliss-reactive ketones (excluding diaryl/α,β-unsaturated/α-hetero) is 1. The number of carbonyl (C=O) groups is 1. The van der Waals surface area contributed by atoms with E-state index in [9.17, 15) is 0 Å². The third-order valence-electron chi connectivity index (χ3n) is 9.27. The summed E-state index contributed by atoms with van der Waals surface area (Å²) < 4.78 is 0. The summed E-state index contributed by atoms with van der Waals surface area (Å²) in [5, 5.41) is 0. The molecule has 0 amide bonds. The van der Waals surface area contributed by atoms with Gasteiger partial charge >= 0.3 is 0 Å². The summed E-state index contributed by atoms with van der Waals surface area (Å²) in [5.74, 6) is -0.203. The number of piperidine rings is 2. The minimum Gasteiger partial charge on any atom is -0.305 e. The molecule has 0 spiro atoms. The van der Waals surface area contributed by atoms with Crippen molar-refractivity contribution in [2.24, 2.45) is 0 Å². The van der Waals surface area contributed by atoms with Crippen LogP contribution in [0.25, 0.3) is 0 Å². The number of likely N-dealkylation sites (N-methyl/N-ethyl adjacent to an activating group) is 2. The smallest absolute Gasteiger partial charge is 0.155 e. The van der Waals surface area contributed by atoms with Crippen LogP contribution in [0.15, 0.2) is 121 Å². The van der Waals surface area contributed by atoms with Crippen LogP contribution < -0.4 is 0 Å². The van der Waals surface area contributed by atoms with Gasteiger partial charge in [0.05, 0.1) is 16.2 Å². The number of ketones is 1. The van der Waals surface area contributed by atoms with Crippen molar-refractivity contribution in [1.82, 2.24) is 9.80 Å². The van der Waals surface area contributed by atoms with Gasteiger partial charge in [0.25, 0.3) is 0 Å². The van der Waals surface area contributed by atoms with Crippen LogP contribution >= 0.6 is 11.6 Å². The fourth-order valence-corrected chi connectivity index (χ4v) is 8.19. The second-order valence-electron chi connectivity index (χ2n) is 11.7. The van der Waals surface area contributed by atoms with Crippen LogP contribution in [0.1, 0.15) is 40.0 Å². The van der Waals surface area contributed by atoms with Gasteiger partial charge in [-0.05, 0) is 36.3 Å². The van der Waals surface area contributed by atoms with Gasteiger partial charge in [-0.2, -0.15) is 0 Å². The van der Waals surface area contributed by atoms with Gasteiger partial charge in [-0.15, -0.1) is 11.6 Å². The Bertz CT molecular complexity index is 1380. The molecule has 0 saturated carbocycles. The second-order valence-corrected chi connectivity index (χ2v) is 12.3. The first kappa shape index (κ1) is 27.0. The first-order chi connectivity index (χ1) is 19.4. The van der Waals surface area contributed by atoms with Gasteiger partial charge in [-0.3, -0.25) is 4.79 Å². The highest BCUT2D eigenvalue weighted by Crippen LogP contribution is 2.61. The van der Waals surface area contributed by atoms with Crippen molar-refractivity contribution in [1.29, 1.82) is 0 Å². The molecule has 4 aromatic carbocycles. The number of benzene rings is 4. The van der Waals surface area contributed by atoms with Crippen LogP contribution in [0.5, 0.6) is 0 Å². The zero-order valence-electron chi connectivity index (χ0n) is 23.3. The summed E-state index contributed by atoms with van der Waals surface area (Å²) in [6, 6.07) is 41.9. The third kappa shape index (κ3) is 4.41. The van der Waals surface area contributed by atoms with Crippen molar-refractivity contribution < 1.29 is 4.79 Å². The Morgan fingerprint density at radius 3 is 1.50 bits per heavy atom. The Hall–Kier alpha value is -3.24. The first-order valence-electron chi connectivity index (χ1n) is 14.3. The Kier molecular flexibility index (Phi) is 7.39. The van der Waals surface area contributed by atoms with Gasteiger partial charge in [0.15, 0.2) is 5.78 Å². The van der Waals surface area contributed by atoms with Crippen LogP contribution in [-0.2, 0) is 10.2 Å². The molecule has 6 rings (SSSR count). The molecule has 0 bridgehead atoms. The summed E-state index contributed by atoms with van der Waals surface area (Å²) in [5.41, 5.74) is 3.47. The van der Waals surface area contributed by atoms with Gasteiger partial charge in [0, 0.05) is 38.0 Å². The van der Waals surface area contributed by atoms with Gasteiger partial charge in [-0.1, -0.05) is 121 Å². The zero-order valence-corrected chi connectivity index (χ0v) is 24.0. The lowest BCUT2D eigenvalue weighted by atomic mass is 9.51. The van der Waals surface area contributed by atoms with E-state index < -0.39 is 10.3 Å². The quantitative estimate of drug-likeness (QED) is 0.259. The fraction of sp³-hybridized carbons (Fsp3) is 0.306. The summed E-state index contributed by atoms with van der Waals surface area (Å²) in [4.78, 5) is 19.2. The molecule has 0 radical (unpaired) electrons. The largest absolute Gasteiger partial charge is 0.305 e. The number of halogens is 1. The van der Waals surface area contributed by atoms with E-state index in [2.05, 4.69) is 121 Å². The molecule has 0 aromatic heterocycles. The minimum atomic E-state index is -0.953. The number of rotatable bonds is 5. The maximum atomic E-state index is 15.4. The molecule has 2 saturated heterocycles. The van der Waals surface area contributed by atoms with E-state index in [1.165, 1.54) is 11.1 Å². The standard InChI is InChI=1S/C36H37ClN2O/c1-38-24-32(28-17-9-4-10-18-28)36(37,33(25-38)29-19-11-5-12-20-29)35(30-21-13-6-14-22-30)26-39(2)23-31(34(35)40)27-15-7-3-8-16-27/h3-22,31-33H,23-26H2,1-2H3. The van der Waals surface area contributed by atoms with Crippen LogP contribution in [0.3, 0.4) is 0 Å². The monoisotopic (exact) mass is 548 g/mol. The van der Waals surface area contributed by atoms with E-state index in [4.69, 9.17) is 11.6 Å². The highest BCUT2D eigenvalue weighted by Gasteiger charge is 2.67. The highest BCUT2D eigenvalue weighted by atomic mass is 35.5. The second kappa shape index (κ2) is 11.0. The van der Waals surface area contributed by atoms with Gasteiger partial charge in [-0.25, -0.2) is 0 Å². The van der Waals surface area contributed by atoms with Crippen LogP contribution in [-0.4, -0.2) is 60.7 Å². The lowest BCUT2D eigenvalue weighted by Crippen LogP contribution is -2.70. The molecule has 4 aromatic rings. The summed E-state index contributed by atoms with van der Waals surface area (Å²) >= 11 is 8.45. The van der Waals surface area contributed by atoms with Crippen molar-refractivity contribution in [3.8, 4) is 0 Å². The van der Waals surface area contributed by atoms with E-state index >= 15 is 4.79 Å². The molecule has 40 heavy (non-hydrogen) atoms. The molecule has 4 atom stereocenters. The average molecular weight is 549 g/mol. The molecule has 2 heterocycles. The van der Waals surface area contributed by atoms with Gasteiger partial charge in [0.1, 0.15) is 0 Å². The summed E-state index contributed by atoms with van der Waals surface area (Å²) in [6.45, 7) is 2.80. The van der Waals surface area contributed by atoms with E-state index in [0.29, 0.717) is 13.1 Å². The van der Waals surface area contributed by atoms with Crippen molar-refractivity contribution in [2.45, 2.75) is 28.0 Å². The lowest BCUT2D eigenvalue weighted by Gasteiger charge is -2.61. The maximum Gasteiger partial charge on any atom is 0.155 e. The van der Waals surface area contributed by atoms with Crippen LogP contribution in [0.2, 0.25) is 0 Å². The molecule has 3 nitrogen and oxygen atoms in total. The topological polar surface area (TPSA) is 23.6 Å². The average Bonchev–Trinajstić information content (AvgIpc) is 3.01. The van der Waals surface area contributed by atoms with Crippen molar-refractivity contribution >= 4 is 17.4 Å². The van der Waals surface area contributed by atoms with Crippen LogP contribution in [0, 0.1) is 0 Å². The highest BCUT2D eigenvalue weighted by molar-refractivity contribution is 6.29. The number of likely N-dealkylation sites (tertiary alicyclic amines) is 2. The molecular formula is C36H37ClN2O. The Morgan fingerprint density at radius 1 is 0.600 bits per heavy atom. The fourth-order valence-electron chi connectivity index (χ4n) is 7.54. The van der Waals surface area contributed by atoms with Crippen molar-refractivity contribution in [3.05, 3.63) is 144 Å². The van der Waals surface area contributed by atoms with Gasteiger partial charge < -0.3 is 9.80 Å². The summed E-state index contributed by atoms with van der Waals surface area (Å²) in [6.07, 6.45) is 0. The number of hydrogen-bond acceptors (Lipinski definition) is 3. The SMILES string of the molecule is CN1CC(c2ccccc2)C(Cl)(C2(c3ccccc3)CN(C)CC(c3ccccc3)C2=O)C(c2ccccc2)C1.